The van der Waals surface area contributed by atoms with Gasteiger partial charge in [0.05, 0.1) is 17.8 Å². The standard InChI is InChI=1S/C13H10ClFN6O/c14-10-5-17-19-11(10)12(22)18-13-16-7-21(20-13)6-8-2-1-3-9(15)4-8/h1-5,7H,6H2,(H,17,19)(H,18,20,22). The third kappa shape index (κ3) is 3.12. The maximum absolute atomic E-state index is 13.1. The van der Waals surface area contributed by atoms with E-state index in [1.807, 2.05) is 0 Å². The molecule has 0 atom stereocenters. The van der Waals surface area contributed by atoms with Crippen LogP contribution in [0, 0.1) is 5.82 Å². The topological polar surface area (TPSA) is 88.5 Å². The summed E-state index contributed by atoms with van der Waals surface area (Å²) in [5, 5.41) is 12.9. The minimum atomic E-state index is -0.494. The monoisotopic (exact) mass is 320 g/mol. The summed E-state index contributed by atoms with van der Waals surface area (Å²) in [6.45, 7) is 0.339. The van der Waals surface area contributed by atoms with Crippen LogP contribution in [0.5, 0.6) is 0 Å². The SMILES string of the molecule is O=C(Nc1ncn(Cc2cccc(F)c2)n1)c1[nH]ncc1Cl. The zero-order valence-corrected chi connectivity index (χ0v) is 11.9. The first-order valence-corrected chi connectivity index (χ1v) is 6.64. The van der Waals surface area contributed by atoms with E-state index in [4.69, 9.17) is 11.6 Å². The van der Waals surface area contributed by atoms with Gasteiger partial charge in [-0.25, -0.2) is 14.1 Å². The summed E-state index contributed by atoms with van der Waals surface area (Å²) in [4.78, 5) is 15.9. The van der Waals surface area contributed by atoms with Crippen LogP contribution in [0.2, 0.25) is 5.02 Å². The molecule has 112 valence electrons. The van der Waals surface area contributed by atoms with E-state index in [2.05, 4.69) is 25.6 Å². The Morgan fingerprint density at radius 3 is 3.05 bits per heavy atom. The summed E-state index contributed by atoms with van der Waals surface area (Å²) in [6, 6.07) is 6.16. The summed E-state index contributed by atoms with van der Waals surface area (Å²) >= 11 is 5.79. The van der Waals surface area contributed by atoms with Crippen LogP contribution in [0.1, 0.15) is 16.1 Å². The van der Waals surface area contributed by atoms with Crippen molar-refractivity contribution in [2.24, 2.45) is 0 Å². The number of nitrogens with zero attached hydrogens (tertiary/aromatic N) is 4. The van der Waals surface area contributed by atoms with E-state index in [9.17, 15) is 9.18 Å². The van der Waals surface area contributed by atoms with Crippen molar-refractivity contribution in [1.29, 1.82) is 0 Å². The second-order valence-electron chi connectivity index (χ2n) is 4.44. The highest BCUT2D eigenvalue weighted by Gasteiger charge is 2.14. The Balaban J connectivity index is 1.69. The Morgan fingerprint density at radius 1 is 1.45 bits per heavy atom. The molecule has 22 heavy (non-hydrogen) atoms. The number of carbonyl (C=O) groups is 1. The lowest BCUT2D eigenvalue weighted by Gasteiger charge is -2.01. The summed E-state index contributed by atoms with van der Waals surface area (Å²) in [5.74, 6) is -0.696. The number of halogens is 2. The highest BCUT2D eigenvalue weighted by Crippen LogP contribution is 2.13. The van der Waals surface area contributed by atoms with Crippen molar-refractivity contribution < 1.29 is 9.18 Å². The Morgan fingerprint density at radius 2 is 2.32 bits per heavy atom. The summed E-state index contributed by atoms with van der Waals surface area (Å²) < 4.78 is 14.6. The molecule has 9 heteroatoms. The third-order valence-corrected chi connectivity index (χ3v) is 3.10. The summed E-state index contributed by atoms with van der Waals surface area (Å²) in [5.41, 5.74) is 0.863. The second-order valence-corrected chi connectivity index (χ2v) is 4.85. The number of carbonyl (C=O) groups excluding carboxylic acids is 1. The van der Waals surface area contributed by atoms with Crippen molar-refractivity contribution in [2.45, 2.75) is 6.54 Å². The molecule has 2 N–H and O–H groups in total. The lowest BCUT2D eigenvalue weighted by molar-refractivity contribution is 0.102. The minimum absolute atomic E-state index is 0.118. The number of hydrogen-bond acceptors (Lipinski definition) is 4. The normalized spacial score (nSPS) is 10.6. The van der Waals surface area contributed by atoms with Gasteiger partial charge in [0.1, 0.15) is 17.8 Å². The Labute approximate surface area is 129 Å². The van der Waals surface area contributed by atoms with Crippen molar-refractivity contribution in [3.63, 3.8) is 0 Å². The van der Waals surface area contributed by atoms with E-state index in [0.717, 1.165) is 5.56 Å². The van der Waals surface area contributed by atoms with Crippen molar-refractivity contribution in [1.82, 2.24) is 25.0 Å². The first-order valence-electron chi connectivity index (χ1n) is 6.26. The van der Waals surface area contributed by atoms with Gasteiger partial charge in [-0.15, -0.1) is 5.10 Å². The van der Waals surface area contributed by atoms with Gasteiger partial charge in [-0.2, -0.15) is 5.10 Å². The van der Waals surface area contributed by atoms with Gasteiger partial charge in [-0.3, -0.25) is 15.2 Å². The Bertz CT molecular complexity index is 814. The molecule has 0 bridgehead atoms. The first kappa shape index (κ1) is 14.2. The maximum Gasteiger partial charge on any atom is 0.277 e. The van der Waals surface area contributed by atoms with E-state index in [-0.39, 0.29) is 22.5 Å². The summed E-state index contributed by atoms with van der Waals surface area (Å²) in [6.07, 6.45) is 2.77. The number of H-pyrrole nitrogens is 1. The molecule has 2 aromatic heterocycles. The van der Waals surface area contributed by atoms with Crippen molar-refractivity contribution in [3.8, 4) is 0 Å². The number of nitrogens with one attached hydrogen (secondary N) is 2. The number of rotatable bonds is 4. The molecular formula is C13H10ClFN6O. The average Bonchev–Trinajstić information content (AvgIpc) is 3.08. The molecule has 0 aliphatic heterocycles. The number of amides is 1. The number of benzene rings is 1. The van der Waals surface area contributed by atoms with E-state index >= 15 is 0 Å². The molecule has 1 amide bonds. The fourth-order valence-electron chi connectivity index (χ4n) is 1.85. The molecule has 0 radical (unpaired) electrons. The average molecular weight is 321 g/mol. The molecule has 2 heterocycles. The lowest BCUT2D eigenvalue weighted by atomic mass is 10.2. The number of aromatic nitrogens is 5. The second kappa shape index (κ2) is 5.94. The van der Waals surface area contributed by atoms with E-state index in [0.29, 0.717) is 6.54 Å². The van der Waals surface area contributed by atoms with Crippen LogP contribution in [0.4, 0.5) is 10.3 Å². The zero-order valence-electron chi connectivity index (χ0n) is 11.1. The van der Waals surface area contributed by atoms with E-state index < -0.39 is 5.91 Å². The molecule has 0 fully saturated rings. The fourth-order valence-corrected chi connectivity index (χ4v) is 2.02. The minimum Gasteiger partial charge on any atom is -0.288 e. The smallest absolute Gasteiger partial charge is 0.277 e. The highest BCUT2D eigenvalue weighted by atomic mass is 35.5. The number of hydrogen-bond donors (Lipinski definition) is 2. The van der Waals surface area contributed by atoms with Gasteiger partial charge < -0.3 is 0 Å². The van der Waals surface area contributed by atoms with E-state index in [1.165, 1.54) is 29.3 Å². The molecular weight excluding hydrogens is 311 g/mol. The lowest BCUT2D eigenvalue weighted by Crippen LogP contribution is -2.14. The van der Waals surface area contributed by atoms with Crippen molar-refractivity contribution in [3.05, 3.63) is 58.9 Å². The number of aromatic amines is 1. The molecule has 0 saturated carbocycles. The largest absolute Gasteiger partial charge is 0.288 e. The van der Waals surface area contributed by atoms with Crippen LogP contribution >= 0.6 is 11.6 Å². The van der Waals surface area contributed by atoms with Gasteiger partial charge in [0.25, 0.3) is 5.91 Å². The Kier molecular flexibility index (Phi) is 3.84. The molecule has 3 aromatic rings. The molecule has 0 aliphatic rings. The molecule has 0 unspecified atom stereocenters. The predicted octanol–water partition coefficient (Wildman–Crippen LogP) is 2.09. The zero-order chi connectivity index (χ0) is 15.5. The van der Waals surface area contributed by atoms with E-state index in [1.54, 1.807) is 12.1 Å². The molecule has 1 aromatic carbocycles. The first-order chi connectivity index (χ1) is 10.6. The fraction of sp³-hybridized carbons (Fsp3) is 0.0769. The van der Waals surface area contributed by atoms with Crippen LogP contribution in [-0.4, -0.2) is 30.9 Å². The predicted molar refractivity (Wildman–Crippen MR) is 77.1 cm³/mol. The van der Waals surface area contributed by atoms with Gasteiger partial charge in [-0.05, 0) is 17.7 Å². The molecule has 0 aliphatic carbocycles. The van der Waals surface area contributed by atoms with Crippen LogP contribution in [-0.2, 0) is 6.54 Å². The highest BCUT2D eigenvalue weighted by molar-refractivity contribution is 6.33. The molecule has 3 rings (SSSR count). The van der Waals surface area contributed by atoms with Gasteiger partial charge in [0.2, 0.25) is 5.95 Å². The van der Waals surface area contributed by atoms with Gasteiger partial charge in [0, 0.05) is 0 Å². The summed E-state index contributed by atoms with van der Waals surface area (Å²) in [7, 11) is 0. The van der Waals surface area contributed by atoms with Crippen LogP contribution in [0.25, 0.3) is 0 Å². The maximum atomic E-state index is 13.1. The molecule has 0 saturated heterocycles. The van der Waals surface area contributed by atoms with Crippen molar-refractivity contribution >= 4 is 23.5 Å². The molecule has 7 nitrogen and oxygen atoms in total. The van der Waals surface area contributed by atoms with Crippen molar-refractivity contribution in [2.75, 3.05) is 5.32 Å². The van der Waals surface area contributed by atoms with Gasteiger partial charge >= 0.3 is 0 Å². The quantitative estimate of drug-likeness (QED) is 0.770. The van der Waals surface area contributed by atoms with Gasteiger partial charge in [-0.1, -0.05) is 23.7 Å². The molecule has 0 spiro atoms. The van der Waals surface area contributed by atoms with Crippen LogP contribution in [0.15, 0.2) is 36.8 Å². The van der Waals surface area contributed by atoms with Crippen LogP contribution in [0.3, 0.4) is 0 Å². The Hall–Kier alpha value is -2.74. The van der Waals surface area contributed by atoms with Crippen LogP contribution < -0.4 is 5.32 Å². The number of anilines is 1. The third-order valence-electron chi connectivity index (χ3n) is 2.82. The van der Waals surface area contributed by atoms with Gasteiger partial charge in [0.15, 0.2) is 0 Å².